The van der Waals surface area contributed by atoms with Crippen LogP contribution in [0.25, 0.3) is 0 Å². The van der Waals surface area contributed by atoms with Gasteiger partial charge in [-0.1, -0.05) is 13.0 Å². The Hall–Kier alpha value is -1.75. The first-order chi connectivity index (χ1) is 9.13. The average Bonchev–Trinajstić information content (AvgIpc) is 2.39. The largest absolute Gasteiger partial charge is 0.493 e. The quantitative estimate of drug-likeness (QED) is 0.756. The predicted octanol–water partition coefficient (Wildman–Crippen LogP) is 2.22. The highest BCUT2D eigenvalue weighted by Gasteiger charge is 2.20. The molecule has 0 aromatic heterocycles. The van der Waals surface area contributed by atoms with Crippen LogP contribution >= 0.6 is 0 Å². The van der Waals surface area contributed by atoms with E-state index in [-0.39, 0.29) is 0 Å². The first-order valence-electron chi connectivity index (χ1n) is 6.40. The van der Waals surface area contributed by atoms with Gasteiger partial charge < -0.3 is 19.9 Å². The van der Waals surface area contributed by atoms with Gasteiger partial charge in [0.2, 0.25) is 0 Å². The minimum atomic E-state index is -0.902. The number of carboxylic acids is 1. The number of carbonyl (C=O) groups is 1. The monoisotopic (exact) mass is 267 g/mol. The standard InChI is InChI=1S/C14H21NO4/c1-4-8-15-13(14(16)17)10-6-7-11(18-3)12(9-10)19-5-2/h6-7,9,13,15H,4-5,8H2,1-3H3,(H,16,17). The first-order valence-corrected chi connectivity index (χ1v) is 6.40. The first kappa shape index (κ1) is 15.3. The molecule has 1 aromatic carbocycles. The van der Waals surface area contributed by atoms with Crippen molar-refractivity contribution < 1.29 is 19.4 Å². The molecular weight excluding hydrogens is 246 g/mol. The van der Waals surface area contributed by atoms with E-state index in [0.717, 1.165) is 6.42 Å². The van der Waals surface area contributed by atoms with E-state index in [1.165, 1.54) is 0 Å². The highest BCUT2D eigenvalue weighted by molar-refractivity contribution is 5.76. The number of rotatable bonds is 8. The van der Waals surface area contributed by atoms with Gasteiger partial charge in [0, 0.05) is 0 Å². The zero-order valence-corrected chi connectivity index (χ0v) is 11.6. The molecule has 0 amide bonds. The summed E-state index contributed by atoms with van der Waals surface area (Å²) in [6.07, 6.45) is 0.873. The van der Waals surface area contributed by atoms with E-state index in [2.05, 4.69) is 5.32 Å². The zero-order chi connectivity index (χ0) is 14.3. The Morgan fingerprint density at radius 1 is 1.37 bits per heavy atom. The molecule has 0 heterocycles. The summed E-state index contributed by atoms with van der Waals surface area (Å²) in [5.74, 6) is 0.262. The number of benzene rings is 1. The summed E-state index contributed by atoms with van der Waals surface area (Å²) in [5.41, 5.74) is 0.658. The molecule has 0 radical (unpaired) electrons. The summed E-state index contributed by atoms with van der Waals surface area (Å²) < 4.78 is 10.6. The van der Waals surface area contributed by atoms with Crippen LogP contribution in [0.1, 0.15) is 31.9 Å². The number of hydrogen-bond donors (Lipinski definition) is 2. The van der Waals surface area contributed by atoms with Gasteiger partial charge in [-0.15, -0.1) is 0 Å². The Morgan fingerprint density at radius 2 is 2.11 bits per heavy atom. The molecule has 1 unspecified atom stereocenters. The second-order valence-electron chi connectivity index (χ2n) is 4.07. The summed E-state index contributed by atoms with van der Waals surface area (Å²) in [5, 5.41) is 12.3. The normalized spacial score (nSPS) is 11.9. The molecule has 0 bridgehead atoms. The summed E-state index contributed by atoms with van der Waals surface area (Å²) in [6.45, 7) is 5.01. The van der Waals surface area contributed by atoms with Crippen LogP contribution in [0.15, 0.2) is 18.2 Å². The smallest absolute Gasteiger partial charge is 0.325 e. The van der Waals surface area contributed by atoms with Gasteiger partial charge in [-0.3, -0.25) is 4.79 Å². The van der Waals surface area contributed by atoms with Gasteiger partial charge in [-0.2, -0.15) is 0 Å². The van der Waals surface area contributed by atoms with Crippen LogP contribution in [-0.4, -0.2) is 31.3 Å². The fourth-order valence-electron chi connectivity index (χ4n) is 1.78. The van der Waals surface area contributed by atoms with Gasteiger partial charge >= 0.3 is 5.97 Å². The molecule has 5 nitrogen and oxygen atoms in total. The van der Waals surface area contributed by atoms with Crippen LogP contribution in [0.3, 0.4) is 0 Å². The van der Waals surface area contributed by atoms with Crippen molar-refractivity contribution in [1.29, 1.82) is 0 Å². The molecule has 1 aromatic rings. The second-order valence-corrected chi connectivity index (χ2v) is 4.07. The van der Waals surface area contributed by atoms with E-state index in [1.807, 2.05) is 13.8 Å². The van der Waals surface area contributed by atoms with Crippen molar-refractivity contribution in [2.24, 2.45) is 0 Å². The Labute approximate surface area is 113 Å². The third kappa shape index (κ3) is 4.13. The number of methoxy groups -OCH3 is 1. The van der Waals surface area contributed by atoms with Crippen molar-refractivity contribution in [2.75, 3.05) is 20.3 Å². The lowest BCUT2D eigenvalue weighted by atomic mass is 10.1. The Balaban J connectivity index is 3.02. The van der Waals surface area contributed by atoms with Gasteiger partial charge in [0.1, 0.15) is 6.04 Å². The zero-order valence-electron chi connectivity index (χ0n) is 11.6. The molecule has 0 fully saturated rings. The fraction of sp³-hybridized carbons (Fsp3) is 0.500. The minimum Gasteiger partial charge on any atom is -0.493 e. The van der Waals surface area contributed by atoms with Crippen LogP contribution < -0.4 is 14.8 Å². The van der Waals surface area contributed by atoms with Crippen molar-refractivity contribution in [3.63, 3.8) is 0 Å². The van der Waals surface area contributed by atoms with Crippen LogP contribution in [-0.2, 0) is 4.79 Å². The lowest BCUT2D eigenvalue weighted by Gasteiger charge is -2.17. The molecule has 0 aliphatic heterocycles. The molecule has 106 valence electrons. The fourth-order valence-corrected chi connectivity index (χ4v) is 1.78. The molecule has 5 heteroatoms. The van der Waals surface area contributed by atoms with E-state index in [0.29, 0.717) is 30.2 Å². The molecule has 0 aliphatic carbocycles. The maximum atomic E-state index is 11.3. The molecule has 0 spiro atoms. The Bertz CT molecular complexity index is 420. The van der Waals surface area contributed by atoms with Crippen molar-refractivity contribution in [3.8, 4) is 11.5 Å². The topological polar surface area (TPSA) is 67.8 Å². The third-order valence-corrected chi connectivity index (χ3v) is 2.67. The van der Waals surface area contributed by atoms with Crippen molar-refractivity contribution in [2.45, 2.75) is 26.3 Å². The highest BCUT2D eigenvalue weighted by atomic mass is 16.5. The number of nitrogens with one attached hydrogen (secondary N) is 1. The van der Waals surface area contributed by atoms with Crippen molar-refractivity contribution in [1.82, 2.24) is 5.32 Å². The van der Waals surface area contributed by atoms with Gasteiger partial charge in [-0.05, 0) is 37.6 Å². The molecule has 1 rings (SSSR count). The maximum absolute atomic E-state index is 11.3. The van der Waals surface area contributed by atoms with Crippen molar-refractivity contribution >= 4 is 5.97 Å². The van der Waals surface area contributed by atoms with Gasteiger partial charge in [0.05, 0.1) is 13.7 Å². The summed E-state index contributed by atoms with van der Waals surface area (Å²) in [4.78, 5) is 11.3. The van der Waals surface area contributed by atoms with Gasteiger partial charge in [-0.25, -0.2) is 0 Å². The van der Waals surface area contributed by atoms with E-state index < -0.39 is 12.0 Å². The molecule has 1 atom stereocenters. The van der Waals surface area contributed by atoms with Crippen LogP contribution in [0.2, 0.25) is 0 Å². The molecule has 19 heavy (non-hydrogen) atoms. The number of hydrogen-bond acceptors (Lipinski definition) is 4. The lowest BCUT2D eigenvalue weighted by molar-refractivity contribution is -0.139. The summed E-state index contributed by atoms with van der Waals surface area (Å²) in [7, 11) is 1.56. The van der Waals surface area contributed by atoms with Crippen molar-refractivity contribution in [3.05, 3.63) is 23.8 Å². The van der Waals surface area contributed by atoms with E-state index in [9.17, 15) is 9.90 Å². The number of aliphatic carboxylic acids is 1. The Kier molecular flexibility index (Phi) is 6.15. The molecular formula is C14H21NO4. The Morgan fingerprint density at radius 3 is 2.63 bits per heavy atom. The molecule has 0 saturated carbocycles. The summed E-state index contributed by atoms with van der Waals surface area (Å²) >= 11 is 0. The molecule has 0 saturated heterocycles. The predicted molar refractivity (Wildman–Crippen MR) is 72.8 cm³/mol. The maximum Gasteiger partial charge on any atom is 0.325 e. The van der Waals surface area contributed by atoms with E-state index in [4.69, 9.17) is 9.47 Å². The van der Waals surface area contributed by atoms with E-state index in [1.54, 1.807) is 25.3 Å². The van der Waals surface area contributed by atoms with Crippen LogP contribution in [0.4, 0.5) is 0 Å². The summed E-state index contributed by atoms with van der Waals surface area (Å²) in [6, 6.07) is 4.45. The lowest BCUT2D eigenvalue weighted by Crippen LogP contribution is -2.29. The minimum absolute atomic E-state index is 0.500. The van der Waals surface area contributed by atoms with Crippen LogP contribution in [0.5, 0.6) is 11.5 Å². The number of ether oxygens (including phenoxy) is 2. The number of carboxylic acid groups (broad SMARTS) is 1. The van der Waals surface area contributed by atoms with E-state index >= 15 is 0 Å². The molecule has 2 N–H and O–H groups in total. The SMILES string of the molecule is CCCNC(C(=O)O)c1ccc(OC)c(OCC)c1. The van der Waals surface area contributed by atoms with Crippen LogP contribution in [0, 0.1) is 0 Å². The second kappa shape index (κ2) is 7.63. The average molecular weight is 267 g/mol. The van der Waals surface area contributed by atoms with Gasteiger partial charge in [0.15, 0.2) is 11.5 Å². The highest BCUT2D eigenvalue weighted by Crippen LogP contribution is 2.30. The van der Waals surface area contributed by atoms with Gasteiger partial charge in [0.25, 0.3) is 0 Å². The molecule has 0 aliphatic rings. The third-order valence-electron chi connectivity index (χ3n) is 2.67.